The zero-order chi connectivity index (χ0) is 9.36. The van der Waals surface area contributed by atoms with Crippen molar-refractivity contribution in [2.24, 2.45) is 5.92 Å². The summed E-state index contributed by atoms with van der Waals surface area (Å²) in [5.74, 6) is 4.67. The van der Waals surface area contributed by atoms with Crippen molar-refractivity contribution in [3.63, 3.8) is 0 Å². The molecular formula is C11H21ClS. The summed E-state index contributed by atoms with van der Waals surface area (Å²) in [5, 5.41) is 0. The van der Waals surface area contributed by atoms with Crippen molar-refractivity contribution < 1.29 is 0 Å². The molecule has 0 amide bonds. The first-order valence-electron chi connectivity index (χ1n) is 5.57. The Morgan fingerprint density at radius 1 is 1.08 bits per heavy atom. The number of halogens is 1. The highest BCUT2D eigenvalue weighted by Crippen LogP contribution is 2.28. The quantitative estimate of drug-likeness (QED) is 0.455. The van der Waals surface area contributed by atoms with Gasteiger partial charge in [0.2, 0.25) is 0 Å². The molecule has 1 aliphatic carbocycles. The lowest BCUT2D eigenvalue weighted by Crippen LogP contribution is -1.97. The van der Waals surface area contributed by atoms with Crippen LogP contribution < -0.4 is 0 Å². The van der Waals surface area contributed by atoms with Crippen molar-refractivity contribution in [3.8, 4) is 0 Å². The zero-order valence-corrected chi connectivity index (χ0v) is 10.0. The normalized spacial score (nSPS) is 18.2. The second kappa shape index (κ2) is 7.99. The highest BCUT2D eigenvalue weighted by atomic mass is 35.5. The van der Waals surface area contributed by atoms with Crippen molar-refractivity contribution in [1.29, 1.82) is 0 Å². The lowest BCUT2D eigenvalue weighted by molar-refractivity contribution is 0.622. The third kappa shape index (κ3) is 5.85. The zero-order valence-electron chi connectivity index (χ0n) is 8.43. The molecule has 0 aliphatic heterocycles. The van der Waals surface area contributed by atoms with Gasteiger partial charge in [0, 0.05) is 5.88 Å². The summed E-state index contributed by atoms with van der Waals surface area (Å²) < 4.78 is 0. The van der Waals surface area contributed by atoms with Crippen LogP contribution in [0.4, 0.5) is 0 Å². The van der Waals surface area contributed by atoms with Crippen LogP contribution in [0.25, 0.3) is 0 Å². The molecule has 0 aromatic rings. The van der Waals surface area contributed by atoms with Crippen LogP contribution in [0.3, 0.4) is 0 Å². The lowest BCUT2D eigenvalue weighted by atomic mass is 10.1. The number of thioether (sulfide) groups is 1. The third-order valence-electron chi connectivity index (χ3n) is 2.75. The van der Waals surface area contributed by atoms with E-state index >= 15 is 0 Å². The van der Waals surface area contributed by atoms with E-state index in [4.69, 9.17) is 11.6 Å². The van der Waals surface area contributed by atoms with Gasteiger partial charge in [-0.3, -0.25) is 0 Å². The van der Waals surface area contributed by atoms with E-state index in [1.807, 2.05) is 0 Å². The summed E-state index contributed by atoms with van der Waals surface area (Å²) in [6, 6.07) is 0. The molecule has 1 saturated carbocycles. The minimum atomic E-state index is 0.841. The van der Waals surface area contributed by atoms with Crippen LogP contribution in [0.1, 0.15) is 44.9 Å². The molecule has 0 aromatic carbocycles. The standard InChI is InChI=1S/C11H21ClS/c12-8-4-1-5-9-13-10-11-6-2-3-7-11/h11H,1-10H2. The molecule has 2 heteroatoms. The number of unbranched alkanes of at least 4 members (excludes halogenated alkanes) is 2. The molecule has 0 spiro atoms. The Labute approximate surface area is 91.8 Å². The van der Waals surface area contributed by atoms with E-state index in [9.17, 15) is 0 Å². The minimum absolute atomic E-state index is 0.841. The second-order valence-corrected chi connectivity index (χ2v) is 5.50. The molecule has 1 aliphatic rings. The number of alkyl halides is 1. The Kier molecular flexibility index (Phi) is 7.20. The number of hydrogen-bond donors (Lipinski definition) is 0. The van der Waals surface area contributed by atoms with Gasteiger partial charge in [-0.15, -0.1) is 11.6 Å². The van der Waals surface area contributed by atoms with Gasteiger partial charge in [0.1, 0.15) is 0 Å². The molecule has 0 nitrogen and oxygen atoms in total. The summed E-state index contributed by atoms with van der Waals surface area (Å²) in [7, 11) is 0. The molecule has 13 heavy (non-hydrogen) atoms. The molecule has 1 fully saturated rings. The summed E-state index contributed by atoms with van der Waals surface area (Å²) in [4.78, 5) is 0. The van der Waals surface area contributed by atoms with Crippen molar-refractivity contribution >= 4 is 23.4 Å². The fourth-order valence-electron chi connectivity index (χ4n) is 1.90. The Morgan fingerprint density at radius 2 is 1.85 bits per heavy atom. The molecule has 0 radical (unpaired) electrons. The second-order valence-electron chi connectivity index (χ2n) is 3.98. The fourth-order valence-corrected chi connectivity index (χ4v) is 3.33. The molecule has 0 atom stereocenters. The Balaban J connectivity index is 1.78. The van der Waals surface area contributed by atoms with Crippen molar-refractivity contribution in [3.05, 3.63) is 0 Å². The summed E-state index contributed by atoms with van der Waals surface area (Å²) in [5.41, 5.74) is 0. The van der Waals surface area contributed by atoms with E-state index in [-0.39, 0.29) is 0 Å². The van der Waals surface area contributed by atoms with Crippen molar-refractivity contribution in [2.75, 3.05) is 17.4 Å². The molecule has 0 aromatic heterocycles. The molecule has 0 bridgehead atoms. The maximum Gasteiger partial charge on any atom is 0.0223 e. The van der Waals surface area contributed by atoms with Gasteiger partial charge in [0.05, 0.1) is 0 Å². The molecule has 0 N–H and O–H groups in total. The minimum Gasteiger partial charge on any atom is -0.162 e. The van der Waals surface area contributed by atoms with Crippen LogP contribution in [0.15, 0.2) is 0 Å². The first-order chi connectivity index (χ1) is 6.43. The fraction of sp³-hybridized carbons (Fsp3) is 1.00. The Hall–Kier alpha value is 0.640. The van der Waals surface area contributed by atoms with Gasteiger partial charge in [-0.05, 0) is 43.1 Å². The van der Waals surface area contributed by atoms with Crippen LogP contribution in [-0.2, 0) is 0 Å². The van der Waals surface area contributed by atoms with Crippen LogP contribution in [0.5, 0.6) is 0 Å². The van der Waals surface area contributed by atoms with Crippen LogP contribution in [-0.4, -0.2) is 17.4 Å². The molecule has 0 heterocycles. The van der Waals surface area contributed by atoms with Gasteiger partial charge >= 0.3 is 0 Å². The largest absolute Gasteiger partial charge is 0.162 e. The van der Waals surface area contributed by atoms with E-state index in [2.05, 4.69) is 11.8 Å². The summed E-state index contributed by atoms with van der Waals surface area (Å²) in [6.07, 6.45) is 9.84. The van der Waals surface area contributed by atoms with Crippen LogP contribution in [0, 0.1) is 5.92 Å². The highest BCUT2D eigenvalue weighted by molar-refractivity contribution is 7.99. The van der Waals surface area contributed by atoms with Gasteiger partial charge in [0.15, 0.2) is 0 Å². The predicted octanol–water partition coefficient (Wildman–Crippen LogP) is 4.32. The summed E-state index contributed by atoms with van der Waals surface area (Å²) >= 11 is 7.77. The lowest BCUT2D eigenvalue weighted by Gasteiger charge is -2.07. The van der Waals surface area contributed by atoms with E-state index in [0.717, 1.165) is 11.8 Å². The molecule has 0 unspecified atom stereocenters. The SMILES string of the molecule is ClCCCCCSCC1CCCC1. The molecule has 1 rings (SSSR count). The highest BCUT2D eigenvalue weighted by Gasteiger charge is 2.13. The third-order valence-corrected chi connectivity index (χ3v) is 4.30. The maximum atomic E-state index is 5.61. The average Bonchev–Trinajstić information content (AvgIpc) is 2.63. The van der Waals surface area contributed by atoms with E-state index in [1.165, 1.54) is 56.5 Å². The van der Waals surface area contributed by atoms with Gasteiger partial charge in [-0.2, -0.15) is 11.8 Å². The van der Waals surface area contributed by atoms with E-state index in [0.29, 0.717) is 0 Å². The number of rotatable bonds is 7. The summed E-state index contributed by atoms with van der Waals surface area (Å²) in [6.45, 7) is 0. The maximum absolute atomic E-state index is 5.61. The van der Waals surface area contributed by atoms with Crippen LogP contribution in [0.2, 0.25) is 0 Å². The van der Waals surface area contributed by atoms with Crippen molar-refractivity contribution in [2.45, 2.75) is 44.9 Å². The van der Waals surface area contributed by atoms with E-state index < -0.39 is 0 Å². The van der Waals surface area contributed by atoms with Crippen LogP contribution >= 0.6 is 23.4 Å². The van der Waals surface area contributed by atoms with Gasteiger partial charge in [0.25, 0.3) is 0 Å². The molecule has 0 saturated heterocycles. The monoisotopic (exact) mass is 220 g/mol. The van der Waals surface area contributed by atoms with Gasteiger partial charge < -0.3 is 0 Å². The average molecular weight is 221 g/mol. The van der Waals surface area contributed by atoms with E-state index in [1.54, 1.807) is 0 Å². The Bertz CT molecular complexity index is 111. The van der Waals surface area contributed by atoms with Gasteiger partial charge in [-0.1, -0.05) is 19.3 Å². The topological polar surface area (TPSA) is 0 Å². The smallest absolute Gasteiger partial charge is 0.0223 e. The Morgan fingerprint density at radius 3 is 2.54 bits per heavy atom. The first kappa shape index (κ1) is 11.7. The van der Waals surface area contributed by atoms with Crippen molar-refractivity contribution in [1.82, 2.24) is 0 Å². The first-order valence-corrected chi connectivity index (χ1v) is 7.26. The number of hydrogen-bond acceptors (Lipinski definition) is 1. The molecule has 78 valence electrons. The molecular weight excluding hydrogens is 200 g/mol. The predicted molar refractivity (Wildman–Crippen MR) is 63.9 cm³/mol. The van der Waals surface area contributed by atoms with Gasteiger partial charge in [-0.25, -0.2) is 0 Å².